The molecular weight excluding hydrogens is 338 g/mol. The predicted octanol–water partition coefficient (Wildman–Crippen LogP) is 3.09. The maximum atomic E-state index is 5.98. The fraction of sp³-hybridized carbons (Fsp3) is 0.111. The Morgan fingerprint density at radius 2 is 1.88 bits per heavy atom. The number of aromatic nitrogens is 5. The summed E-state index contributed by atoms with van der Waals surface area (Å²) in [6, 6.07) is 19.4. The highest BCUT2D eigenvalue weighted by Gasteiger charge is 2.06. The molecule has 0 radical (unpaired) electrons. The van der Waals surface area contributed by atoms with Crippen molar-refractivity contribution < 1.29 is 4.84 Å². The summed E-state index contributed by atoms with van der Waals surface area (Å²) in [5.41, 5.74) is 2.76. The number of tetrazole rings is 1. The molecule has 0 aliphatic rings. The van der Waals surface area contributed by atoms with Gasteiger partial charge in [0.25, 0.3) is 0 Å². The zero-order chi connectivity index (χ0) is 17.1. The smallest absolute Gasteiger partial charge is 0.182 e. The van der Waals surface area contributed by atoms with Crippen LogP contribution in [-0.4, -0.2) is 25.4 Å². The summed E-state index contributed by atoms with van der Waals surface area (Å²) in [6.45, 7) is 0.250. The number of halogens is 1. The van der Waals surface area contributed by atoms with Crippen LogP contribution in [-0.2, 0) is 13.0 Å². The Balaban J connectivity index is 1.42. The zero-order valence-electron chi connectivity index (χ0n) is 13.2. The van der Waals surface area contributed by atoms with Crippen LogP contribution in [0.25, 0.3) is 10.9 Å². The van der Waals surface area contributed by atoms with Crippen molar-refractivity contribution in [1.82, 2.24) is 25.4 Å². The lowest BCUT2D eigenvalue weighted by Crippen LogP contribution is -2.15. The van der Waals surface area contributed by atoms with E-state index in [0.717, 1.165) is 27.1 Å². The highest BCUT2D eigenvalue weighted by molar-refractivity contribution is 6.31. The van der Waals surface area contributed by atoms with Crippen molar-refractivity contribution in [2.75, 3.05) is 0 Å². The average molecular weight is 352 g/mol. The molecule has 0 atom stereocenters. The molecule has 0 fully saturated rings. The van der Waals surface area contributed by atoms with Gasteiger partial charge in [-0.2, -0.15) is 0 Å². The van der Waals surface area contributed by atoms with Crippen molar-refractivity contribution in [3.63, 3.8) is 0 Å². The molecule has 25 heavy (non-hydrogen) atoms. The number of hydrogen-bond acceptors (Lipinski definition) is 5. The maximum Gasteiger partial charge on any atom is 0.182 e. The molecule has 2 heterocycles. The summed E-state index contributed by atoms with van der Waals surface area (Å²) in [5.74, 6) is 0.604. The Labute approximate surface area is 149 Å². The molecule has 6 nitrogen and oxygen atoms in total. The summed E-state index contributed by atoms with van der Waals surface area (Å²) in [6.07, 6.45) is 0.610. The first kappa shape index (κ1) is 15.5. The van der Waals surface area contributed by atoms with Gasteiger partial charge in [-0.15, -0.1) is 5.10 Å². The average Bonchev–Trinajstić information content (AvgIpc) is 3.08. The third kappa shape index (κ3) is 3.75. The number of nitrogens with zero attached hydrogens (tertiary/aromatic N) is 5. The number of pyridine rings is 1. The van der Waals surface area contributed by atoms with E-state index in [9.17, 15) is 0 Å². The van der Waals surface area contributed by atoms with Crippen molar-refractivity contribution in [1.29, 1.82) is 0 Å². The Kier molecular flexibility index (Phi) is 4.26. The van der Waals surface area contributed by atoms with Crippen LogP contribution in [0.4, 0.5) is 0 Å². The summed E-state index contributed by atoms with van der Waals surface area (Å²) < 4.78 is 0. The second-order valence-electron chi connectivity index (χ2n) is 5.53. The van der Waals surface area contributed by atoms with Gasteiger partial charge in [0.1, 0.15) is 0 Å². The Morgan fingerprint density at radius 3 is 2.76 bits per heavy atom. The molecule has 0 N–H and O–H groups in total. The highest BCUT2D eigenvalue weighted by Crippen LogP contribution is 2.18. The number of hydrogen-bond donors (Lipinski definition) is 0. The fourth-order valence-corrected chi connectivity index (χ4v) is 2.66. The minimum absolute atomic E-state index is 0.250. The molecule has 0 aliphatic heterocycles. The molecule has 0 bridgehead atoms. The lowest BCUT2D eigenvalue weighted by molar-refractivity contribution is 0.0365. The minimum Gasteiger partial charge on any atom is -0.374 e. The third-order valence-electron chi connectivity index (χ3n) is 3.68. The normalized spacial score (nSPS) is 10.9. The van der Waals surface area contributed by atoms with E-state index in [0.29, 0.717) is 17.3 Å². The highest BCUT2D eigenvalue weighted by atomic mass is 35.5. The van der Waals surface area contributed by atoms with Gasteiger partial charge in [0, 0.05) is 21.8 Å². The molecule has 0 spiro atoms. The first-order valence-corrected chi connectivity index (χ1v) is 8.15. The lowest BCUT2D eigenvalue weighted by atomic mass is 10.1. The van der Waals surface area contributed by atoms with Crippen molar-refractivity contribution in [2.45, 2.75) is 13.0 Å². The predicted molar refractivity (Wildman–Crippen MR) is 94.1 cm³/mol. The molecule has 2 aromatic heterocycles. The van der Waals surface area contributed by atoms with Crippen LogP contribution < -0.4 is 4.84 Å². The molecule has 4 rings (SSSR count). The van der Waals surface area contributed by atoms with Crippen LogP contribution in [0.3, 0.4) is 0 Å². The standard InChI is InChI=1S/C18H14ClN5O/c19-15-7-9-17-14(11-15)6-8-16(20-17)12-25-24-22-18(21-23-24)10-13-4-2-1-3-5-13/h1-9,11H,10,12H2. The summed E-state index contributed by atoms with van der Waals surface area (Å²) in [5, 5.41) is 13.8. The van der Waals surface area contributed by atoms with E-state index >= 15 is 0 Å². The number of rotatable bonds is 5. The van der Waals surface area contributed by atoms with Crippen LogP contribution in [0.2, 0.25) is 5.02 Å². The van der Waals surface area contributed by atoms with Crippen LogP contribution in [0.5, 0.6) is 0 Å². The minimum atomic E-state index is 0.250. The van der Waals surface area contributed by atoms with Gasteiger partial charge in [-0.25, -0.2) is 4.98 Å². The maximum absolute atomic E-state index is 5.98. The molecule has 7 heteroatoms. The molecule has 124 valence electrons. The van der Waals surface area contributed by atoms with Gasteiger partial charge in [-0.3, -0.25) is 0 Å². The van der Waals surface area contributed by atoms with Crippen LogP contribution in [0.15, 0.2) is 60.7 Å². The fourth-order valence-electron chi connectivity index (χ4n) is 2.48. The van der Waals surface area contributed by atoms with E-state index in [1.54, 1.807) is 0 Å². The van der Waals surface area contributed by atoms with Gasteiger partial charge in [0.05, 0.1) is 11.2 Å². The number of fused-ring (bicyclic) bond motifs is 1. The molecule has 0 saturated carbocycles. The third-order valence-corrected chi connectivity index (χ3v) is 3.91. The number of benzene rings is 2. The van der Waals surface area contributed by atoms with E-state index < -0.39 is 0 Å². The van der Waals surface area contributed by atoms with Crippen molar-refractivity contribution in [3.8, 4) is 0 Å². The Morgan fingerprint density at radius 1 is 1.00 bits per heavy atom. The first-order chi connectivity index (χ1) is 12.3. The second-order valence-corrected chi connectivity index (χ2v) is 5.97. The second kappa shape index (κ2) is 6.86. The van der Waals surface area contributed by atoms with E-state index in [1.165, 1.54) is 0 Å². The molecular formula is C18H14ClN5O. The zero-order valence-corrected chi connectivity index (χ0v) is 14.0. The van der Waals surface area contributed by atoms with E-state index in [-0.39, 0.29) is 6.61 Å². The summed E-state index contributed by atoms with van der Waals surface area (Å²) in [7, 11) is 0. The van der Waals surface area contributed by atoms with E-state index in [1.807, 2.05) is 60.7 Å². The van der Waals surface area contributed by atoms with E-state index in [4.69, 9.17) is 16.4 Å². The molecule has 0 unspecified atom stereocenters. The van der Waals surface area contributed by atoms with Crippen LogP contribution in [0, 0.1) is 0 Å². The monoisotopic (exact) mass is 351 g/mol. The molecule has 2 aromatic carbocycles. The SMILES string of the molecule is Clc1ccc2nc(COn3nnc(Cc4ccccc4)n3)ccc2c1. The van der Waals surface area contributed by atoms with Crippen LogP contribution >= 0.6 is 11.6 Å². The Hall–Kier alpha value is -2.99. The quantitative estimate of drug-likeness (QED) is 0.552. The molecule has 0 amide bonds. The first-order valence-electron chi connectivity index (χ1n) is 7.77. The van der Waals surface area contributed by atoms with Gasteiger partial charge in [0.2, 0.25) is 0 Å². The van der Waals surface area contributed by atoms with E-state index in [2.05, 4.69) is 20.4 Å². The largest absolute Gasteiger partial charge is 0.374 e. The van der Waals surface area contributed by atoms with Gasteiger partial charge in [-0.1, -0.05) is 53.1 Å². The van der Waals surface area contributed by atoms with Gasteiger partial charge in [0.15, 0.2) is 12.4 Å². The van der Waals surface area contributed by atoms with Crippen LogP contribution in [0.1, 0.15) is 17.1 Å². The Bertz CT molecular complexity index is 1000. The topological polar surface area (TPSA) is 65.7 Å². The summed E-state index contributed by atoms with van der Waals surface area (Å²) >= 11 is 5.98. The van der Waals surface area contributed by atoms with Gasteiger partial charge < -0.3 is 4.84 Å². The van der Waals surface area contributed by atoms with Gasteiger partial charge >= 0.3 is 0 Å². The van der Waals surface area contributed by atoms with Crippen molar-refractivity contribution in [2.24, 2.45) is 0 Å². The van der Waals surface area contributed by atoms with Crippen molar-refractivity contribution in [3.05, 3.63) is 82.8 Å². The lowest BCUT2D eigenvalue weighted by Gasteiger charge is -2.04. The summed E-state index contributed by atoms with van der Waals surface area (Å²) in [4.78, 5) is 11.2. The van der Waals surface area contributed by atoms with Crippen molar-refractivity contribution >= 4 is 22.5 Å². The molecule has 4 aromatic rings. The molecule has 0 aliphatic carbocycles. The van der Waals surface area contributed by atoms with Gasteiger partial charge in [-0.05, 0) is 35.0 Å². The molecule has 0 saturated heterocycles.